The summed E-state index contributed by atoms with van der Waals surface area (Å²) in [5.74, 6) is -0.694. The molecule has 2 heterocycles. The molecule has 0 bridgehead atoms. The molecule has 1 aromatic rings. The van der Waals surface area contributed by atoms with Crippen LogP contribution in [0.3, 0.4) is 0 Å². The lowest BCUT2D eigenvalue weighted by Crippen LogP contribution is -2.65. The number of hydrogen-bond acceptors (Lipinski definition) is 4. The van der Waals surface area contributed by atoms with E-state index in [1.807, 2.05) is 20.8 Å². The van der Waals surface area contributed by atoms with Crippen LogP contribution in [-0.2, 0) is 11.3 Å². The summed E-state index contributed by atoms with van der Waals surface area (Å²) >= 11 is 0. The SMILES string of the molecule is CCCCN1C(=O)c2cc(C(=O)NC(C)C)nn2C[C@]1(C)C(=O)NC1CCCC1. The van der Waals surface area contributed by atoms with Gasteiger partial charge in [-0.1, -0.05) is 26.2 Å². The number of amides is 3. The molecule has 3 amide bonds. The fourth-order valence-electron chi connectivity index (χ4n) is 4.17. The zero-order chi connectivity index (χ0) is 21.2. The van der Waals surface area contributed by atoms with E-state index >= 15 is 0 Å². The first kappa shape index (κ1) is 21.3. The van der Waals surface area contributed by atoms with Crippen LogP contribution >= 0.6 is 0 Å². The van der Waals surface area contributed by atoms with Gasteiger partial charge in [-0.3, -0.25) is 19.1 Å². The molecule has 0 spiro atoms. The molecular weight excluding hydrogens is 370 g/mol. The van der Waals surface area contributed by atoms with E-state index in [4.69, 9.17) is 0 Å². The Morgan fingerprint density at radius 1 is 1.31 bits per heavy atom. The number of rotatable bonds is 7. The minimum atomic E-state index is -1.03. The van der Waals surface area contributed by atoms with Crippen LogP contribution in [0.5, 0.6) is 0 Å². The van der Waals surface area contributed by atoms with Gasteiger partial charge in [0, 0.05) is 24.7 Å². The molecule has 8 heteroatoms. The molecule has 0 unspecified atom stereocenters. The largest absolute Gasteiger partial charge is 0.351 e. The first-order valence-corrected chi connectivity index (χ1v) is 10.8. The van der Waals surface area contributed by atoms with Crippen molar-refractivity contribution in [3.8, 4) is 0 Å². The molecule has 1 atom stereocenters. The third-order valence-electron chi connectivity index (χ3n) is 5.86. The average molecular weight is 404 g/mol. The van der Waals surface area contributed by atoms with Crippen LogP contribution in [-0.4, -0.2) is 56.6 Å². The van der Waals surface area contributed by atoms with Crippen LogP contribution in [0.1, 0.15) is 87.2 Å². The predicted molar refractivity (Wildman–Crippen MR) is 110 cm³/mol. The van der Waals surface area contributed by atoms with Gasteiger partial charge in [0.25, 0.3) is 11.8 Å². The van der Waals surface area contributed by atoms with Crippen LogP contribution < -0.4 is 10.6 Å². The van der Waals surface area contributed by atoms with E-state index < -0.39 is 5.54 Å². The molecule has 2 aliphatic rings. The van der Waals surface area contributed by atoms with Gasteiger partial charge in [0.2, 0.25) is 5.91 Å². The summed E-state index contributed by atoms with van der Waals surface area (Å²) in [6.07, 6.45) is 5.95. The predicted octanol–water partition coefficient (Wildman–Crippen LogP) is 2.09. The third-order valence-corrected chi connectivity index (χ3v) is 5.86. The van der Waals surface area contributed by atoms with E-state index in [0.29, 0.717) is 12.2 Å². The summed E-state index contributed by atoms with van der Waals surface area (Å²) in [4.78, 5) is 40.6. The van der Waals surface area contributed by atoms with Gasteiger partial charge in [-0.2, -0.15) is 5.10 Å². The number of fused-ring (bicyclic) bond motifs is 1. The van der Waals surface area contributed by atoms with Crippen molar-refractivity contribution in [2.45, 2.75) is 90.4 Å². The number of nitrogens with zero attached hydrogens (tertiary/aromatic N) is 3. The molecule has 1 aromatic heterocycles. The monoisotopic (exact) mass is 403 g/mol. The Labute approximate surface area is 172 Å². The highest BCUT2D eigenvalue weighted by Crippen LogP contribution is 2.29. The Kier molecular flexibility index (Phi) is 6.29. The van der Waals surface area contributed by atoms with E-state index in [1.54, 1.807) is 4.90 Å². The molecule has 1 aliphatic carbocycles. The maximum absolute atomic E-state index is 13.3. The number of carbonyl (C=O) groups is 3. The molecule has 160 valence electrons. The van der Waals surface area contributed by atoms with Crippen molar-refractivity contribution in [1.82, 2.24) is 25.3 Å². The normalized spacial score (nSPS) is 22.1. The van der Waals surface area contributed by atoms with Crippen LogP contribution in [0.2, 0.25) is 0 Å². The van der Waals surface area contributed by atoms with E-state index in [9.17, 15) is 14.4 Å². The van der Waals surface area contributed by atoms with E-state index in [0.717, 1.165) is 38.5 Å². The topological polar surface area (TPSA) is 96.3 Å². The standard InChI is InChI=1S/C21H33N5O3/c1-5-6-11-25-19(28)17-12-16(18(27)22-14(2)3)24-26(17)13-21(25,4)20(29)23-15-9-7-8-10-15/h12,14-15H,5-11,13H2,1-4H3,(H,22,27)(H,23,29)/t21-/m1/s1. The second-order valence-corrected chi connectivity index (χ2v) is 8.74. The molecule has 0 radical (unpaired) electrons. The van der Waals surface area contributed by atoms with E-state index in [1.165, 1.54) is 10.7 Å². The lowest BCUT2D eigenvalue weighted by atomic mass is 9.94. The van der Waals surface area contributed by atoms with Gasteiger partial charge in [-0.25, -0.2) is 0 Å². The van der Waals surface area contributed by atoms with Gasteiger partial charge in [0.05, 0.1) is 6.54 Å². The minimum absolute atomic E-state index is 0.0274. The molecule has 1 saturated carbocycles. The molecule has 3 rings (SSSR count). The third kappa shape index (κ3) is 4.31. The Morgan fingerprint density at radius 2 is 2.00 bits per heavy atom. The van der Waals surface area contributed by atoms with Gasteiger partial charge in [0.1, 0.15) is 11.2 Å². The summed E-state index contributed by atoms with van der Waals surface area (Å²) in [5, 5.41) is 10.3. The molecule has 2 N–H and O–H groups in total. The highest BCUT2D eigenvalue weighted by Gasteiger charge is 2.48. The Balaban J connectivity index is 1.90. The highest BCUT2D eigenvalue weighted by molar-refractivity contribution is 6.02. The van der Waals surface area contributed by atoms with Gasteiger partial charge in [-0.15, -0.1) is 0 Å². The van der Waals surface area contributed by atoms with Crippen molar-refractivity contribution in [1.29, 1.82) is 0 Å². The van der Waals surface area contributed by atoms with Crippen molar-refractivity contribution in [2.75, 3.05) is 6.54 Å². The van der Waals surface area contributed by atoms with Crippen LogP contribution in [0.15, 0.2) is 6.07 Å². The Bertz CT molecular complexity index is 781. The quantitative estimate of drug-likeness (QED) is 0.729. The zero-order valence-electron chi connectivity index (χ0n) is 18.0. The van der Waals surface area contributed by atoms with Crippen molar-refractivity contribution in [2.24, 2.45) is 0 Å². The number of aromatic nitrogens is 2. The first-order chi connectivity index (χ1) is 13.8. The van der Waals surface area contributed by atoms with Crippen molar-refractivity contribution < 1.29 is 14.4 Å². The number of unbranched alkanes of at least 4 members (excludes halogenated alkanes) is 1. The van der Waals surface area contributed by atoms with Gasteiger partial charge in [0.15, 0.2) is 5.69 Å². The second-order valence-electron chi connectivity index (χ2n) is 8.74. The van der Waals surface area contributed by atoms with Gasteiger partial charge < -0.3 is 15.5 Å². The van der Waals surface area contributed by atoms with Crippen LogP contribution in [0, 0.1) is 0 Å². The lowest BCUT2D eigenvalue weighted by Gasteiger charge is -2.43. The molecule has 0 aromatic carbocycles. The van der Waals surface area contributed by atoms with E-state index in [2.05, 4.69) is 22.7 Å². The molecule has 1 fully saturated rings. The lowest BCUT2D eigenvalue weighted by molar-refractivity contribution is -0.133. The summed E-state index contributed by atoms with van der Waals surface area (Å²) < 4.78 is 1.52. The summed E-state index contributed by atoms with van der Waals surface area (Å²) in [6.45, 7) is 8.35. The van der Waals surface area contributed by atoms with E-state index in [-0.39, 0.29) is 42.0 Å². The molecule has 0 saturated heterocycles. The van der Waals surface area contributed by atoms with Crippen molar-refractivity contribution in [3.05, 3.63) is 17.5 Å². The number of carbonyl (C=O) groups excluding carboxylic acids is 3. The Hall–Kier alpha value is -2.38. The molecule has 29 heavy (non-hydrogen) atoms. The highest BCUT2D eigenvalue weighted by atomic mass is 16.2. The second kappa shape index (κ2) is 8.55. The summed E-state index contributed by atoms with van der Waals surface area (Å²) in [5.41, 5.74) is -0.460. The van der Waals surface area contributed by atoms with Crippen LogP contribution in [0.4, 0.5) is 0 Å². The fourth-order valence-corrected chi connectivity index (χ4v) is 4.17. The van der Waals surface area contributed by atoms with Gasteiger partial charge >= 0.3 is 0 Å². The first-order valence-electron chi connectivity index (χ1n) is 10.8. The molecule has 1 aliphatic heterocycles. The average Bonchev–Trinajstić information content (AvgIpc) is 3.30. The van der Waals surface area contributed by atoms with Gasteiger partial charge in [-0.05, 0) is 40.0 Å². The summed E-state index contributed by atoms with van der Waals surface area (Å²) in [6, 6.07) is 1.68. The molecular formula is C21H33N5O3. The number of nitrogens with one attached hydrogen (secondary N) is 2. The Morgan fingerprint density at radius 3 is 2.62 bits per heavy atom. The number of hydrogen-bond donors (Lipinski definition) is 2. The maximum atomic E-state index is 13.3. The minimum Gasteiger partial charge on any atom is -0.351 e. The van der Waals surface area contributed by atoms with Crippen molar-refractivity contribution >= 4 is 17.7 Å². The molecule has 8 nitrogen and oxygen atoms in total. The fraction of sp³-hybridized carbons (Fsp3) is 0.714. The van der Waals surface area contributed by atoms with Crippen molar-refractivity contribution in [3.63, 3.8) is 0 Å². The smallest absolute Gasteiger partial charge is 0.273 e. The van der Waals surface area contributed by atoms with Crippen LogP contribution in [0.25, 0.3) is 0 Å². The zero-order valence-corrected chi connectivity index (χ0v) is 18.0. The summed E-state index contributed by atoms with van der Waals surface area (Å²) in [7, 11) is 0. The maximum Gasteiger partial charge on any atom is 0.273 e.